The second kappa shape index (κ2) is 5.23. The fourth-order valence-electron chi connectivity index (χ4n) is 3.27. The molecule has 1 atom stereocenters. The molecule has 1 heterocycles. The summed E-state index contributed by atoms with van der Waals surface area (Å²) in [6, 6.07) is 8.55. The van der Waals surface area contributed by atoms with Crippen molar-refractivity contribution in [2.75, 3.05) is 0 Å². The number of hydrogen-bond acceptors (Lipinski definition) is 2. The van der Waals surface area contributed by atoms with E-state index in [2.05, 4.69) is 29.4 Å². The Balaban J connectivity index is 1.82. The third kappa shape index (κ3) is 2.40. The first kappa shape index (κ1) is 13.1. The van der Waals surface area contributed by atoms with Crippen molar-refractivity contribution in [2.24, 2.45) is 7.05 Å². The van der Waals surface area contributed by atoms with E-state index < -0.39 is 0 Å². The average molecular weight is 268 g/mol. The van der Waals surface area contributed by atoms with Crippen molar-refractivity contribution in [3.63, 3.8) is 0 Å². The standard InChI is InChI=1S/C17H20N2O/c1-12-16(11-19(2)18-12)17(20)10-14-8-5-7-13-6-3-4-9-15(13)14/h3-4,6,9,11,14H,5,7-8,10H2,1-2H3. The van der Waals surface area contributed by atoms with E-state index in [9.17, 15) is 4.79 Å². The third-order valence-electron chi connectivity index (χ3n) is 4.24. The number of nitrogens with zero attached hydrogens (tertiary/aromatic N) is 2. The van der Waals surface area contributed by atoms with E-state index in [4.69, 9.17) is 0 Å². The van der Waals surface area contributed by atoms with Crippen LogP contribution in [0.25, 0.3) is 0 Å². The number of aromatic nitrogens is 2. The van der Waals surface area contributed by atoms with E-state index in [1.54, 1.807) is 4.68 Å². The average Bonchev–Trinajstić information content (AvgIpc) is 2.78. The molecule has 0 bridgehead atoms. The number of Topliss-reactive ketones (excluding diaryl/α,β-unsaturated/α-hetero) is 1. The van der Waals surface area contributed by atoms with Crippen LogP contribution >= 0.6 is 0 Å². The Hall–Kier alpha value is -1.90. The highest BCUT2D eigenvalue weighted by Gasteiger charge is 2.24. The van der Waals surface area contributed by atoms with Crippen LogP contribution in [-0.2, 0) is 13.5 Å². The van der Waals surface area contributed by atoms with Gasteiger partial charge in [-0.15, -0.1) is 0 Å². The Kier molecular flexibility index (Phi) is 3.43. The van der Waals surface area contributed by atoms with Crippen LogP contribution < -0.4 is 0 Å². The molecule has 2 aromatic rings. The number of hydrogen-bond donors (Lipinski definition) is 0. The van der Waals surface area contributed by atoms with Gasteiger partial charge in [-0.25, -0.2) is 0 Å². The van der Waals surface area contributed by atoms with E-state index in [1.807, 2.05) is 20.2 Å². The maximum atomic E-state index is 12.5. The molecule has 1 aromatic carbocycles. The number of aryl methyl sites for hydroxylation is 3. The van der Waals surface area contributed by atoms with Gasteiger partial charge in [0.05, 0.1) is 11.3 Å². The summed E-state index contributed by atoms with van der Waals surface area (Å²) in [6.07, 6.45) is 5.88. The highest BCUT2D eigenvalue weighted by Crippen LogP contribution is 2.34. The molecule has 1 aliphatic carbocycles. The molecule has 104 valence electrons. The topological polar surface area (TPSA) is 34.9 Å². The van der Waals surface area contributed by atoms with Crippen molar-refractivity contribution in [2.45, 2.75) is 38.5 Å². The lowest BCUT2D eigenvalue weighted by Gasteiger charge is -2.24. The molecule has 1 aliphatic rings. The molecule has 0 radical (unpaired) electrons. The van der Waals surface area contributed by atoms with E-state index in [-0.39, 0.29) is 5.78 Å². The molecule has 0 amide bonds. The van der Waals surface area contributed by atoms with E-state index >= 15 is 0 Å². The summed E-state index contributed by atoms with van der Waals surface area (Å²) in [5.74, 6) is 0.587. The van der Waals surface area contributed by atoms with Gasteiger partial charge in [0.15, 0.2) is 5.78 Å². The van der Waals surface area contributed by atoms with Gasteiger partial charge in [0.25, 0.3) is 0 Å². The van der Waals surface area contributed by atoms with Crippen molar-refractivity contribution < 1.29 is 4.79 Å². The van der Waals surface area contributed by atoms with Gasteiger partial charge in [0.2, 0.25) is 0 Å². The fraction of sp³-hybridized carbons (Fsp3) is 0.412. The Morgan fingerprint density at radius 1 is 1.40 bits per heavy atom. The van der Waals surface area contributed by atoms with Gasteiger partial charge < -0.3 is 0 Å². The minimum absolute atomic E-state index is 0.220. The summed E-state index contributed by atoms with van der Waals surface area (Å²) in [5, 5.41) is 4.27. The summed E-state index contributed by atoms with van der Waals surface area (Å²) in [4.78, 5) is 12.5. The van der Waals surface area contributed by atoms with E-state index in [0.29, 0.717) is 12.3 Å². The predicted octanol–water partition coefficient (Wildman–Crippen LogP) is 3.42. The van der Waals surface area contributed by atoms with Crippen LogP contribution in [0, 0.1) is 6.92 Å². The van der Waals surface area contributed by atoms with Crippen molar-refractivity contribution in [3.8, 4) is 0 Å². The molecule has 1 aromatic heterocycles. The van der Waals surface area contributed by atoms with Gasteiger partial charge in [-0.05, 0) is 43.2 Å². The fourth-order valence-corrected chi connectivity index (χ4v) is 3.27. The zero-order valence-electron chi connectivity index (χ0n) is 12.1. The van der Waals surface area contributed by atoms with E-state index in [0.717, 1.165) is 24.1 Å². The normalized spacial score (nSPS) is 17.8. The zero-order valence-corrected chi connectivity index (χ0v) is 12.1. The van der Waals surface area contributed by atoms with Gasteiger partial charge in [-0.1, -0.05) is 24.3 Å². The first-order valence-corrected chi connectivity index (χ1v) is 7.26. The molecule has 0 saturated carbocycles. The van der Waals surface area contributed by atoms with Gasteiger partial charge in [0, 0.05) is 19.7 Å². The summed E-state index contributed by atoms with van der Waals surface area (Å²) < 4.78 is 1.72. The molecule has 1 unspecified atom stereocenters. The summed E-state index contributed by atoms with van der Waals surface area (Å²) in [5.41, 5.74) is 4.39. The molecular formula is C17H20N2O. The zero-order chi connectivity index (χ0) is 14.1. The Morgan fingerprint density at radius 2 is 2.20 bits per heavy atom. The second-order valence-electron chi connectivity index (χ2n) is 5.72. The minimum atomic E-state index is 0.220. The largest absolute Gasteiger partial charge is 0.294 e. The molecule has 0 spiro atoms. The summed E-state index contributed by atoms with van der Waals surface area (Å²) >= 11 is 0. The Bertz CT molecular complexity index is 642. The molecule has 0 aliphatic heterocycles. The molecule has 0 N–H and O–H groups in total. The van der Waals surface area contributed by atoms with Gasteiger partial charge in [-0.3, -0.25) is 9.48 Å². The molecular weight excluding hydrogens is 248 g/mol. The van der Waals surface area contributed by atoms with Crippen LogP contribution in [0.1, 0.15) is 52.4 Å². The van der Waals surface area contributed by atoms with E-state index in [1.165, 1.54) is 17.5 Å². The number of carbonyl (C=O) groups is 1. The lowest BCUT2D eigenvalue weighted by molar-refractivity contribution is 0.0970. The number of rotatable bonds is 3. The van der Waals surface area contributed by atoms with Gasteiger partial charge in [0.1, 0.15) is 0 Å². The van der Waals surface area contributed by atoms with Crippen LogP contribution in [-0.4, -0.2) is 15.6 Å². The molecule has 3 nitrogen and oxygen atoms in total. The number of carbonyl (C=O) groups excluding carboxylic acids is 1. The van der Waals surface area contributed by atoms with Crippen molar-refractivity contribution in [1.29, 1.82) is 0 Å². The maximum absolute atomic E-state index is 12.5. The molecule has 20 heavy (non-hydrogen) atoms. The minimum Gasteiger partial charge on any atom is -0.294 e. The van der Waals surface area contributed by atoms with Crippen LogP contribution in [0.4, 0.5) is 0 Å². The molecule has 3 heteroatoms. The number of fused-ring (bicyclic) bond motifs is 1. The van der Waals surface area contributed by atoms with Gasteiger partial charge >= 0.3 is 0 Å². The lowest BCUT2D eigenvalue weighted by Crippen LogP contribution is -2.14. The smallest absolute Gasteiger partial charge is 0.166 e. The van der Waals surface area contributed by atoms with Crippen LogP contribution in [0.15, 0.2) is 30.5 Å². The highest BCUT2D eigenvalue weighted by molar-refractivity contribution is 5.97. The summed E-state index contributed by atoms with van der Waals surface area (Å²) in [7, 11) is 1.86. The van der Waals surface area contributed by atoms with Crippen molar-refractivity contribution in [1.82, 2.24) is 9.78 Å². The highest BCUT2D eigenvalue weighted by atomic mass is 16.1. The van der Waals surface area contributed by atoms with Crippen LogP contribution in [0.5, 0.6) is 0 Å². The molecule has 0 saturated heterocycles. The molecule has 3 rings (SSSR count). The predicted molar refractivity (Wildman–Crippen MR) is 79.0 cm³/mol. The van der Waals surface area contributed by atoms with Gasteiger partial charge in [-0.2, -0.15) is 5.10 Å². The first-order chi connectivity index (χ1) is 9.65. The summed E-state index contributed by atoms with van der Waals surface area (Å²) in [6.45, 7) is 1.90. The number of benzene rings is 1. The van der Waals surface area contributed by atoms with Crippen LogP contribution in [0.3, 0.4) is 0 Å². The Labute approximate surface area is 119 Å². The maximum Gasteiger partial charge on any atom is 0.166 e. The monoisotopic (exact) mass is 268 g/mol. The van der Waals surface area contributed by atoms with Crippen molar-refractivity contribution >= 4 is 5.78 Å². The second-order valence-corrected chi connectivity index (χ2v) is 5.72. The lowest BCUT2D eigenvalue weighted by atomic mass is 9.80. The van der Waals surface area contributed by atoms with Crippen molar-refractivity contribution in [3.05, 3.63) is 52.8 Å². The quantitative estimate of drug-likeness (QED) is 0.799. The first-order valence-electron chi connectivity index (χ1n) is 7.26. The van der Waals surface area contributed by atoms with Crippen LogP contribution in [0.2, 0.25) is 0 Å². The SMILES string of the molecule is Cc1nn(C)cc1C(=O)CC1CCCc2ccccc21. The third-order valence-corrected chi connectivity index (χ3v) is 4.24. The molecule has 0 fully saturated rings. The number of ketones is 1. The Morgan fingerprint density at radius 3 is 2.95 bits per heavy atom.